The van der Waals surface area contributed by atoms with Gasteiger partial charge in [0.15, 0.2) is 0 Å². The van der Waals surface area contributed by atoms with E-state index in [9.17, 15) is 4.79 Å². The van der Waals surface area contributed by atoms with Crippen LogP contribution in [-0.2, 0) is 11.3 Å². The van der Waals surface area contributed by atoms with Crippen LogP contribution in [0.3, 0.4) is 0 Å². The summed E-state index contributed by atoms with van der Waals surface area (Å²) in [6.07, 6.45) is 0. The van der Waals surface area contributed by atoms with E-state index in [1.807, 2.05) is 48.5 Å². The predicted octanol–water partition coefficient (Wildman–Crippen LogP) is 2.77. The molecule has 21 heavy (non-hydrogen) atoms. The van der Waals surface area contributed by atoms with Gasteiger partial charge in [-0.05, 0) is 35.4 Å². The van der Waals surface area contributed by atoms with Crippen molar-refractivity contribution in [3.8, 4) is 5.75 Å². The molecule has 0 heterocycles. The van der Waals surface area contributed by atoms with Crippen molar-refractivity contribution in [3.63, 3.8) is 0 Å². The molecule has 0 saturated heterocycles. The number of nitrogens with one attached hydrogen (secondary N) is 1. The first-order valence-corrected chi connectivity index (χ1v) is 7.30. The van der Waals surface area contributed by atoms with Crippen molar-refractivity contribution >= 4 is 21.8 Å². The fourth-order valence-electron chi connectivity index (χ4n) is 2.04. The number of nitrogens with two attached hydrogens (primary N) is 1. The van der Waals surface area contributed by atoms with Crippen LogP contribution < -0.4 is 15.8 Å². The molecule has 110 valence electrons. The highest BCUT2D eigenvalue weighted by Crippen LogP contribution is 2.18. The van der Waals surface area contributed by atoms with Gasteiger partial charge in [-0.3, -0.25) is 10.1 Å². The number of hydrogen-bond acceptors (Lipinski definition) is 3. The molecule has 2 aromatic carbocycles. The molecule has 2 rings (SSSR count). The van der Waals surface area contributed by atoms with Crippen molar-refractivity contribution in [2.75, 3.05) is 7.11 Å². The van der Waals surface area contributed by atoms with Crippen molar-refractivity contribution in [1.29, 1.82) is 0 Å². The molecule has 0 radical (unpaired) electrons. The largest absolute Gasteiger partial charge is 0.497 e. The molecular weight excluding hydrogens is 332 g/mol. The molecule has 3 N–H and O–H groups in total. The maximum Gasteiger partial charge on any atom is 0.239 e. The van der Waals surface area contributed by atoms with E-state index >= 15 is 0 Å². The van der Waals surface area contributed by atoms with Gasteiger partial charge >= 0.3 is 0 Å². The second-order valence-corrected chi connectivity index (χ2v) is 5.54. The second-order valence-electron chi connectivity index (χ2n) is 4.62. The highest BCUT2D eigenvalue weighted by Gasteiger charge is 2.16. The van der Waals surface area contributed by atoms with E-state index in [4.69, 9.17) is 10.5 Å². The Kier molecular flexibility index (Phi) is 5.36. The quantitative estimate of drug-likeness (QED) is 0.843. The lowest BCUT2D eigenvalue weighted by Gasteiger charge is -2.16. The minimum Gasteiger partial charge on any atom is -0.497 e. The molecule has 0 spiro atoms. The summed E-state index contributed by atoms with van der Waals surface area (Å²) < 4.78 is 6.14. The summed E-state index contributed by atoms with van der Waals surface area (Å²) in [4.78, 5) is 11.7. The van der Waals surface area contributed by atoms with Crippen molar-refractivity contribution in [2.45, 2.75) is 12.6 Å². The van der Waals surface area contributed by atoms with Crippen LogP contribution in [0.4, 0.5) is 0 Å². The molecule has 0 aliphatic carbocycles. The summed E-state index contributed by atoms with van der Waals surface area (Å²) in [7, 11) is 1.63. The van der Waals surface area contributed by atoms with Gasteiger partial charge < -0.3 is 10.5 Å². The van der Waals surface area contributed by atoms with Crippen molar-refractivity contribution in [3.05, 3.63) is 64.1 Å². The fraction of sp³-hybridized carbons (Fsp3) is 0.188. The van der Waals surface area contributed by atoms with Gasteiger partial charge in [-0.15, -0.1) is 0 Å². The van der Waals surface area contributed by atoms with Crippen LogP contribution in [0.2, 0.25) is 0 Å². The van der Waals surface area contributed by atoms with E-state index in [-0.39, 0.29) is 0 Å². The number of amides is 1. The summed E-state index contributed by atoms with van der Waals surface area (Å²) in [5.41, 5.74) is 7.36. The number of methoxy groups -OCH3 is 1. The maximum atomic E-state index is 11.7. The highest BCUT2D eigenvalue weighted by molar-refractivity contribution is 9.10. The molecule has 1 unspecified atom stereocenters. The maximum absolute atomic E-state index is 11.7. The van der Waals surface area contributed by atoms with E-state index in [0.29, 0.717) is 6.54 Å². The first kappa shape index (κ1) is 15.5. The third kappa shape index (κ3) is 4.31. The zero-order valence-electron chi connectivity index (χ0n) is 11.7. The van der Waals surface area contributed by atoms with Crippen LogP contribution in [0.15, 0.2) is 53.0 Å². The molecule has 1 atom stereocenters. The Morgan fingerprint density at radius 1 is 1.29 bits per heavy atom. The molecule has 2 aromatic rings. The van der Waals surface area contributed by atoms with Gasteiger partial charge in [0.25, 0.3) is 0 Å². The summed E-state index contributed by atoms with van der Waals surface area (Å²) >= 11 is 3.37. The van der Waals surface area contributed by atoms with E-state index in [0.717, 1.165) is 21.3 Å². The number of carbonyl (C=O) groups excluding carboxylic acids is 1. The van der Waals surface area contributed by atoms with Crippen LogP contribution in [0.5, 0.6) is 5.75 Å². The van der Waals surface area contributed by atoms with Crippen molar-refractivity contribution in [1.82, 2.24) is 5.32 Å². The van der Waals surface area contributed by atoms with E-state index in [1.165, 1.54) is 0 Å². The zero-order chi connectivity index (χ0) is 15.2. The molecule has 0 saturated carbocycles. The minimum atomic E-state index is -0.524. The molecular formula is C16H17BrN2O2. The summed E-state index contributed by atoms with van der Waals surface area (Å²) in [5, 5.41) is 3.18. The Hall–Kier alpha value is -1.85. The Labute approximate surface area is 132 Å². The third-order valence-corrected chi connectivity index (χ3v) is 3.66. The normalized spacial score (nSPS) is 11.9. The van der Waals surface area contributed by atoms with Crippen LogP contribution in [0.1, 0.15) is 17.2 Å². The molecule has 0 bridgehead atoms. The minimum absolute atomic E-state index is 0.403. The number of hydrogen-bond donors (Lipinski definition) is 2. The number of benzene rings is 2. The van der Waals surface area contributed by atoms with Crippen molar-refractivity contribution < 1.29 is 9.53 Å². The third-order valence-electron chi connectivity index (χ3n) is 3.13. The van der Waals surface area contributed by atoms with Gasteiger partial charge in [-0.2, -0.15) is 0 Å². The van der Waals surface area contributed by atoms with Crippen LogP contribution in [0.25, 0.3) is 0 Å². The van der Waals surface area contributed by atoms with Crippen LogP contribution >= 0.6 is 15.9 Å². The first-order chi connectivity index (χ1) is 10.1. The SMILES string of the molecule is COc1cccc(CNC(C(N)=O)c2ccc(Br)cc2)c1. The molecule has 4 nitrogen and oxygen atoms in total. The Bertz CT molecular complexity index is 614. The molecule has 5 heteroatoms. The van der Waals surface area contributed by atoms with E-state index < -0.39 is 11.9 Å². The second kappa shape index (κ2) is 7.24. The lowest BCUT2D eigenvalue weighted by atomic mass is 10.1. The fourth-order valence-corrected chi connectivity index (χ4v) is 2.30. The molecule has 0 aliphatic rings. The Morgan fingerprint density at radius 2 is 2.00 bits per heavy atom. The zero-order valence-corrected chi connectivity index (χ0v) is 13.3. The van der Waals surface area contributed by atoms with Gasteiger partial charge in [0.2, 0.25) is 5.91 Å². The average molecular weight is 349 g/mol. The lowest BCUT2D eigenvalue weighted by Crippen LogP contribution is -2.33. The number of halogens is 1. The molecule has 0 aliphatic heterocycles. The van der Waals surface area contributed by atoms with E-state index in [2.05, 4.69) is 21.2 Å². The van der Waals surface area contributed by atoms with Gasteiger partial charge in [0.1, 0.15) is 11.8 Å². The van der Waals surface area contributed by atoms with Crippen LogP contribution in [-0.4, -0.2) is 13.0 Å². The van der Waals surface area contributed by atoms with Gasteiger partial charge in [-0.1, -0.05) is 40.2 Å². The number of rotatable bonds is 6. The highest BCUT2D eigenvalue weighted by atomic mass is 79.9. The average Bonchev–Trinajstić information content (AvgIpc) is 2.49. The Balaban J connectivity index is 2.10. The Morgan fingerprint density at radius 3 is 2.62 bits per heavy atom. The number of primary amides is 1. The lowest BCUT2D eigenvalue weighted by molar-refractivity contribution is -0.120. The summed E-state index contributed by atoms with van der Waals surface area (Å²) in [6, 6.07) is 14.7. The van der Waals surface area contributed by atoms with Gasteiger partial charge in [0.05, 0.1) is 7.11 Å². The topological polar surface area (TPSA) is 64.3 Å². The van der Waals surface area contributed by atoms with Gasteiger partial charge in [-0.25, -0.2) is 0 Å². The first-order valence-electron chi connectivity index (χ1n) is 6.51. The smallest absolute Gasteiger partial charge is 0.239 e. The standard InChI is InChI=1S/C16H17BrN2O2/c1-21-14-4-2-3-11(9-14)10-19-15(16(18)20)12-5-7-13(17)8-6-12/h2-9,15,19H,10H2,1H3,(H2,18,20). The molecule has 0 fully saturated rings. The molecule has 0 aromatic heterocycles. The summed E-state index contributed by atoms with van der Waals surface area (Å²) in [5.74, 6) is 0.383. The van der Waals surface area contributed by atoms with E-state index in [1.54, 1.807) is 7.11 Å². The van der Waals surface area contributed by atoms with Gasteiger partial charge in [0, 0.05) is 11.0 Å². The molecule has 1 amide bonds. The number of ether oxygens (including phenoxy) is 1. The van der Waals surface area contributed by atoms with Crippen molar-refractivity contribution in [2.24, 2.45) is 5.73 Å². The monoisotopic (exact) mass is 348 g/mol. The predicted molar refractivity (Wildman–Crippen MR) is 85.9 cm³/mol. The van der Waals surface area contributed by atoms with Crippen LogP contribution in [0, 0.1) is 0 Å². The summed E-state index contributed by atoms with van der Waals surface area (Å²) in [6.45, 7) is 0.529. The number of carbonyl (C=O) groups is 1.